The molecule has 4 nitrogen and oxygen atoms in total. The summed E-state index contributed by atoms with van der Waals surface area (Å²) in [6.45, 7) is 11.7. The monoisotopic (exact) mass is 289 g/mol. The zero-order chi connectivity index (χ0) is 15.6. The van der Waals surface area contributed by atoms with Crippen molar-refractivity contribution in [1.29, 1.82) is 0 Å². The van der Waals surface area contributed by atoms with Crippen LogP contribution in [0.3, 0.4) is 0 Å². The first kappa shape index (κ1) is 15.8. The smallest absolute Gasteiger partial charge is 0.251 e. The summed E-state index contributed by atoms with van der Waals surface area (Å²) in [5.41, 5.74) is 2.75. The van der Waals surface area contributed by atoms with E-state index in [1.807, 2.05) is 20.8 Å². The van der Waals surface area contributed by atoms with Gasteiger partial charge in [-0.3, -0.25) is 4.79 Å². The molecule has 1 amide bonds. The van der Waals surface area contributed by atoms with E-state index < -0.39 is 0 Å². The number of rotatable bonds is 6. The van der Waals surface area contributed by atoms with Crippen LogP contribution in [-0.2, 0) is 4.79 Å². The molecular weight excluding hydrogens is 262 g/mol. The average Bonchev–Trinajstić information content (AvgIpc) is 3.09. The average molecular weight is 289 g/mol. The molecule has 2 aliphatic carbocycles. The predicted molar refractivity (Wildman–Crippen MR) is 87.2 cm³/mol. The van der Waals surface area contributed by atoms with Crippen LogP contribution in [0, 0.1) is 0 Å². The van der Waals surface area contributed by atoms with E-state index in [-0.39, 0.29) is 11.4 Å². The first-order valence-electron chi connectivity index (χ1n) is 7.81. The van der Waals surface area contributed by atoms with Gasteiger partial charge in [-0.05, 0) is 66.5 Å². The Labute approximate surface area is 127 Å². The second-order valence-electron chi connectivity index (χ2n) is 6.79. The molecule has 2 rings (SSSR count). The predicted octanol–water partition coefficient (Wildman–Crippen LogP) is 3.07. The maximum atomic E-state index is 12.5. The number of aliphatic imine (C=N–C) groups is 1. The summed E-state index contributed by atoms with van der Waals surface area (Å²) < 4.78 is 0. The molecule has 4 heteroatoms. The molecule has 0 bridgehead atoms. The third kappa shape index (κ3) is 3.74. The standard InChI is InChI=1S/C17H27N3O/c1-11(2)14(16(21)19-13-7-6-8-13)12(3)15(18-5)20-17(4)9-10-17/h13,20H,5-10H2,1-4H3,(H,19,21)/b15-12-. The molecule has 0 aromatic rings. The van der Waals surface area contributed by atoms with Crippen LogP contribution in [-0.4, -0.2) is 24.2 Å². The van der Waals surface area contributed by atoms with Crippen molar-refractivity contribution >= 4 is 12.6 Å². The number of amides is 1. The fourth-order valence-electron chi connectivity index (χ4n) is 2.55. The Hall–Kier alpha value is -1.58. The molecule has 2 aliphatic rings. The van der Waals surface area contributed by atoms with Crippen molar-refractivity contribution < 1.29 is 4.79 Å². The van der Waals surface area contributed by atoms with Gasteiger partial charge in [-0.15, -0.1) is 0 Å². The second kappa shape index (κ2) is 6.04. The number of nitrogens with zero attached hydrogens (tertiary/aromatic N) is 1. The van der Waals surface area contributed by atoms with E-state index in [0.717, 1.165) is 48.2 Å². The van der Waals surface area contributed by atoms with Crippen molar-refractivity contribution in [1.82, 2.24) is 10.6 Å². The Morgan fingerprint density at radius 3 is 2.24 bits per heavy atom. The lowest BCUT2D eigenvalue weighted by Crippen LogP contribution is -2.41. The molecule has 21 heavy (non-hydrogen) atoms. The Balaban J connectivity index is 2.20. The van der Waals surface area contributed by atoms with Crippen molar-refractivity contribution in [3.63, 3.8) is 0 Å². The normalized spacial score (nSPS) is 20.8. The summed E-state index contributed by atoms with van der Waals surface area (Å²) in [4.78, 5) is 16.7. The summed E-state index contributed by atoms with van der Waals surface area (Å²) in [6, 6.07) is 0.341. The van der Waals surface area contributed by atoms with Gasteiger partial charge in [-0.25, -0.2) is 4.99 Å². The number of hydrogen-bond donors (Lipinski definition) is 2. The maximum Gasteiger partial charge on any atom is 0.251 e. The molecule has 2 saturated carbocycles. The molecule has 0 saturated heterocycles. The van der Waals surface area contributed by atoms with Crippen LogP contribution in [0.2, 0.25) is 0 Å². The van der Waals surface area contributed by atoms with Gasteiger partial charge in [0.1, 0.15) is 5.82 Å². The number of hydrogen-bond acceptors (Lipinski definition) is 3. The number of carbonyl (C=O) groups excluding carboxylic acids is 1. The highest BCUT2D eigenvalue weighted by Crippen LogP contribution is 2.36. The van der Waals surface area contributed by atoms with Gasteiger partial charge in [-0.1, -0.05) is 5.57 Å². The lowest BCUT2D eigenvalue weighted by molar-refractivity contribution is -0.118. The van der Waals surface area contributed by atoms with E-state index in [2.05, 4.69) is 29.3 Å². The van der Waals surface area contributed by atoms with Crippen molar-refractivity contribution in [2.24, 2.45) is 4.99 Å². The molecule has 0 aliphatic heterocycles. The van der Waals surface area contributed by atoms with Crippen LogP contribution >= 0.6 is 0 Å². The Kier molecular flexibility index (Phi) is 4.55. The van der Waals surface area contributed by atoms with Crippen LogP contribution in [0.1, 0.15) is 59.8 Å². The fourth-order valence-corrected chi connectivity index (χ4v) is 2.55. The summed E-state index contributed by atoms with van der Waals surface area (Å²) in [7, 11) is 0. The van der Waals surface area contributed by atoms with Gasteiger partial charge >= 0.3 is 0 Å². The lowest BCUT2D eigenvalue weighted by atomic mass is 9.92. The first-order valence-corrected chi connectivity index (χ1v) is 7.81. The third-order valence-corrected chi connectivity index (χ3v) is 4.48. The van der Waals surface area contributed by atoms with Crippen LogP contribution in [0.15, 0.2) is 27.5 Å². The highest BCUT2D eigenvalue weighted by Gasteiger charge is 2.38. The van der Waals surface area contributed by atoms with Gasteiger partial charge in [0, 0.05) is 22.7 Å². The van der Waals surface area contributed by atoms with Gasteiger partial charge in [-0.2, -0.15) is 0 Å². The molecule has 2 fully saturated rings. The molecule has 116 valence electrons. The van der Waals surface area contributed by atoms with E-state index >= 15 is 0 Å². The first-order chi connectivity index (χ1) is 9.86. The Morgan fingerprint density at radius 1 is 1.24 bits per heavy atom. The van der Waals surface area contributed by atoms with E-state index in [1.165, 1.54) is 6.42 Å². The topological polar surface area (TPSA) is 53.5 Å². The van der Waals surface area contributed by atoms with Crippen molar-refractivity contribution in [2.45, 2.75) is 71.4 Å². The minimum atomic E-state index is 0.0149. The molecule has 0 heterocycles. The molecule has 0 spiro atoms. The zero-order valence-electron chi connectivity index (χ0n) is 13.7. The molecular formula is C17H27N3O. The zero-order valence-corrected chi connectivity index (χ0v) is 13.7. The van der Waals surface area contributed by atoms with Crippen molar-refractivity contribution in [3.8, 4) is 0 Å². The Bertz CT molecular complexity index is 504. The van der Waals surface area contributed by atoms with Gasteiger partial charge in [0.2, 0.25) is 0 Å². The molecule has 0 unspecified atom stereocenters. The number of carbonyl (C=O) groups is 1. The van der Waals surface area contributed by atoms with Crippen LogP contribution in [0.5, 0.6) is 0 Å². The highest BCUT2D eigenvalue weighted by atomic mass is 16.1. The number of nitrogens with one attached hydrogen (secondary N) is 2. The van der Waals surface area contributed by atoms with Crippen molar-refractivity contribution in [2.75, 3.05) is 0 Å². The van der Waals surface area contributed by atoms with E-state index in [4.69, 9.17) is 0 Å². The largest absolute Gasteiger partial charge is 0.365 e. The minimum Gasteiger partial charge on any atom is -0.365 e. The second-order valence-corrected chi connectivity index (χ2v) is 6.79. The summed E-state index contributed by atoms with van der Waals surface area (Å²) >= 11 is 0. The third-order valence-electron chi connectivity index (χ3n) is 4.48. The number of allylic oxidation sites excluding steroid dienone is 1. The van der Waals surface area contributed by atoms with E-state index in [1.54, 1.807) is 0 Å². The van der Waals surface area contributed by atoms with Gasteiger partial charge in [0.25, 0.3) is 5.91 Å². The molecule has 0 aromatic heterocycles. The van der Waals surface area contributed by atoms with E-state index in [0.29, 0.717) is 6.04 Å². The van der Waals surface area contributed by atoms with E-state index in [9.17, 15) is 4.79 Å². The molecule has 2 N–H and O–H groups in total. The molecule has 0 radical (unpaired) electrons. The summed E-state index contributed by atoms with van der Waals surface area (Å²) in [5, 5.41) is 6.54. The maximum absolute atomic E-state index is 12.5. The van der Waals surface area contributed by atoms with Gasteiger partial charge < -0.3 is 10.6 Å². The SMILES string of the molecule is C=N/C(NC1(C)CC1)=C(\C)C(C(=O)NC1CCC1)=C(C)C. The van der Waals surface area contributed by atoms with Gasteiger partial charge in [0.15, 0.2) is 0 Å². The van der Waals surface area contributed by atoms with Crippen LogP contribution in [0.4, 0.5) is 0 Å². The lowest BCUT2D eigenvalue weighted by Gasteiger charge is -2.27. The fraction of sp³-hybridized carbons (Fsp3) is 0.647. The molecule has 0 atom stereocenters. The van der Waals surface area contributed by atoms with Gasteiger partial charge in [0.05, 0.1) is 0 Å². The van der Waals surface area contributed by atoms with Crippen molar-refractivity contribution in [3.05, 3.63) is 22.5 Å². The minimum absolute atomic E-state index is 0.0149. The Morgan fingerprint density at radius 2 is 1.86 bits per heavy atom. The van der Waals surface area contributed by atoms with Crippen LogP contribution in [0.25, 0.3) is 0 Å². The summed E-state index contributed by atoms with van der Waals surface area (Å²) in [5.74, 6) is 0.746. The summed E-state index contributed by atoms with van der Waals surface area (Å²) in [6.07, 6.45) is 5.67. The van der Waals surface area contributed by atoms with Crippen LogP contribution < -0.4 is 10.6 Å². The quantitative estimate of drug-likeness (QED) is 0.448. The molecule has 0 aromatic carbocycles. The highest BCUT2D eigenvalue weighted by molar-refractivity contribution is 5.98.